The number of non-ortho nitro benzene ring substituents is 1. The molecule has 2 aliphatic rings. The van der Waals surface area contributed by atoms with E-state index in [2.05, 4.69) is 36.6 Å². The van der Waals surface area contributed by atoms with Gasteiger partial charge in [0, 0.05) is 67.7 Å². The molecule has 13 heteroatoms. The van der Waals surface area contributed by atoms with Gasteiger partial charge in [0.1, 0.15) is 12.4 Å². The number of aryl methyl sites for hydroxylation is 1. The number of allylic oxidation sites excluding steroid dienone is 3. The molecule has 226 valence electrons. The third kappa shape index (κ3) is 6.36. The standard InChI is InChI=1S/C30H36N8O5/c1-5-37-33-29(32-34-37)26-20(2)31-21(3)27(28(26)22-9-8-10-23(19-22)38(40)41)30(39)43-18-17-35-13-15-36(16-14-35)24-11-6-7-12-25(24)42-4/h6-12,19,28,31H,5,13-18H2,1-4H3. The first-order valence-electron chi connectivity index (χ1n) is 14.3. The summed E-state index contributed by atoms with van der Waals surface area (Å²) >= 11 is 0. The number of hydrogen-bond acceptors (Lipinski definition) is 11. The van der Waals surface area contributed by atoms with E-state index in [1.807, 2.05) is 32.0 Å². The number of anilines is 1. The highest BCUT2D eigenvalue weighted by Crippen LogP contribution is 2.43. The van der Waals surface area contributed by atoms with Crippen molar-refractivity contribution in [3.05, 3.63) is 87.0 Å². The Morgan fingerprint density at radius 3 is 2.56 bits per heavy atom. The second-order valence-corrected chi connectivity index (χ2v) is 10.4. The first-order valence-corrected chi connectivity index (χ1v) is 14.3. The average Bonchev–Trinajstić information content (AvgIpc) is 3.50. The number of nitro groups is 1. The topological polar surface area (TPSA) is 141 Å². The molecule has 1 saturated heterocycles. The van der Waals surface area contributed by atoms with Crippen LogP contribution in [0.3, 0.4) is 0 Å². The van der Waals surface area contributed by atoms with Gasteiger partial charge in [-0.3, -0.25) is 15.0 Å². The average molecular weight is 589 g/mol. The number of hydrogen-bond donors (Lipinski definition) is 1. The quantitative estimate of drug-likeness (QED) is 0.212. The first-order chi connectivity index (χ1) is 20.8. The van der Waals surface area contributed by atoms with Crippen molar-refractivity contribution in [2.24, 2.45) is 0 Å². The highest BCUT2D eigenvalue weighted by Gasteiger charge is 2.37. The molecule has 2 aromatic carbocycles. The third-order valence-electron chi connectivity index (χ3n) is 7.81. The summed E-state index contributed by atoms with van der Waals surface area (Å²) in [6, 6.07) is 14.3. The predicted molar refractivity (Wildman–Crippen MR) is 160 cm³/mol. The van der Waals surface area contributed by atoms with E-state index in [-0.39, 0.29) is 12.3 Å². The van der Waals surface area contributed by atoms with E-state index >= 15 is 0 Å². The van der Waals surface area contributed by atoms with Crippen LogP contribution in [0.2, 0.25) is 0 Å². The number of para-hydroxylation sites is 2. The maximum atomic E-state index is 13.7. The van der Waals surface area contributed by atoms with Crippen LogP contribution in [0.15, 0.2) is 65.5 Å². The van der Waals surface area contributed by atoms with Crippen LogP contribution >= 0.6 is 0 Å². The van der Waals surface area contributed by atoms with Crippen molar-refractivity contribution in [3.63, 3.8) is 0 Å². The monoisotopic (exact) mass is 588 g/mol. The van der Waals surface area contributed by atoms with Crippen LogP contribution in [0.1, 0.15) is 38.1 Å². The van der Waals surface area contributed by atoms with Crippen LogP contribution in [-0.4, -0.2) is 82.4 Å². The number of benzene rings is 2. The molecular formula is C30H36N8O5. The van der Waals surface area contributed by atoms with Crippen LogP contribution in [-0.2, 0) is 16.1 Å². The van der Waals surface area contributed by atoms with Crippen molar-refractivity contribution in [2.45, 2.75) is 33.2 Å². The fourth-order valence-electron chi connectivity index (χ4n) is 5.65. The summed E-state index contributed by atoms with van der Waals surface area (Å²) in [5.74, 6) is 0.00712. The number of rotatable bonds is 10. The number of piperazine rings is 1. The van der Waals surface area contributed by atoms with E-state index < -0.39 is 16.8 Å². The summed E-state index contributed by atoms with van der Waals surface area (Å²) < 4.78 is 11.4. The molecule has 0 saturated carbocycles. The van der Waals surface area contributed by atoms with Crippen LogP contribution < -0.4 is 15.0 Å². The number of carbonyl (C=O) groups excluding carboxylic acids is 1. The minimum Gasteiger partial charge on any atom is -0.495 e. The Labute approximate surface area is 249 Å². The number of methoxy groups -OCH3 is 1. The third-order valence-corrected chi connectivity index (χ3v) is 7.81. The second kappa shape index (κ2) is 13.0. The van der Waals surface area contributed by atoms with Crippen molar-refractivity contribution in [1.29, 1.82) is 0 Å². The molecule has 1 N–H and O–H groups in total. The van der Waals surface area contributed by atoms with Crippen molar-refractivity contribution in [1.82, 2.24) is 30.4 Å². The molecule has 1 atom stereocenters. The Bertz CT molecular complexity index is 1560. The van der Waals surface area contributed by atoms with Crippen molar-refractivity contribution in [2.75, 3.05) is 51.3 Å². The summed E-state index contributed by atoms with van der Waals surface area (Å²) in [6.45, 7) is 10.2. The summed E-state index contributed by atoms with van der Waals surface area (Å²) in [5.41, 5.74) is 3.88. The molecule has 3 heterocycles. The zero-order chi connectivity index (χ0) is 30.5. The number of ether oxygens (including phenoxy) is 2. The predicted octanol–water partition coefficient (Wildman–Crippen LogP) is 3.37. The van der Waals surface area contributed by atoms with E-state index in [0.717, 1.165) is 43.3 Å². The molecule has 0 bridgehead atoms. The smallest absolute Gasteiger partial charge is 0.336 e. The molecule has 0 spiro atoms. The van der Waals surface area contributed by atoms with Crippen LogP contribution in [0.4, 0.5) is 11.4 Å². The lowest BCUT2D eigenvalue weighted by molar-refractivity contribution is -0.384. The van der Waals surface area contributed by atoms with Crippen LogP contribution in [0, 0.1) is 10.1 Å². The highest BCUT2D eigenvalue weighted by atomic mass is 16.6. The molecule has 0 aliphatic carbocycles. The maximum Gasteiger partial charge on any atom is 0.336 e. The number of tetrazole rings is 1. The molecule has 3 aromatic rings. The zero-order valence-corrected chi connectivity index (χ0v) is 24.8. The van der Waals surface area contributed by atoms with E-state index in [1.54, 1.807) is 26.2 Å². The SMILES string of the molecule is CCn1nnc(C2=C(C)NC(C)=C(C(=O)OCCN3CCN(c4ccccc4OC)CC3)C2c2cccc([N+](=O)[O-])c2)n1. The zero-order valence-electron chi connectivity index (χ0n) is 24.8. The maximum absolute atomic E-state index is 13.7. The van der Waals surface area contributed by atoms with Crippen molar-refractivity contribution in [3.8, 4) is 5.75 Å². The molecule has 2 aliphatic heterocycles. The van der Waals surface area contributed by atoms with Gasteiger partial charge in [-0.25, -0.2) is 4.79 Å². The molecule has 1 unspecified atom stereocenters. The minimum atomic E-state index is -0.687. The Morgan fingerprint density at radius 1 is 1.09 bits per heavy atom. The Hall–Kier alpha value is -4.78. The number of dihydropyridines is 1. The molecule has 1 fully saturated rings. The number of aromatic nitrogens is 4. The van der Waals surface area contributed by atoms with Gasteiger partial charge in [-0.05, 0) is 43.7 Å². The minimum absolute atomic E-state index is 0.0733. The molecule has 13 nitrogen and oxygen atoms in total. The number of esters is 1. The normalized spacial score (nSPS) is 17.6. The second-order valence-electron chi connectivity index (χ2n) is 10.4. The summed E-state index contributed by atoms with van der Waals surface area (Å²) in [6.07, 6.45) is 0. The first kappa shape index (κ1) is 29.7. The lowest BCUT2D eigenvalue weighted by Crippen LogP contribution is -2.47. The Morgan fingerprint density at radius 2 is 1.86 bits per heavy atom. The molecule has 0 radical (unpaired) electrons. The van der Waals surface area contributed by atoms with Crippen LogP contribution in [0.5, 0.6) is 5.75 Å². The van der Waals surface area contributed by atoms with Gasteiger partial charge in [-0.15, -0.1) is 10.2 Å². The fourth-order valence-corrected chi connectivity index (χ4v) is 5.65. The van der Waals surface area contributed by atoms with Gasteiger partial charge in [0.2, 0.25) is 5.82 Å². The lowest BCUT2D eigenvalue weighted by Gasteiger charge is -2.36. The van der Waals surface area contributed by atoms with Crippen molar-refractivity contribution >= 4 is 22.9 Å². The molecule has 5 rings (SSSR count). The molecular weight excluding hydrogens is 552 g/mol. The van der Waals surface area contributed by atoms with E-state index in [1.165, 1.54) is 16.9 Å². The van der Waals surface area contributed by atoms with Gasteiger partial charge < -0.3 is 19.7 Å². The van der Waals surface area contributed by atoms with Gasteiger partial charge in [0.25, 0.3) is 5.69 Å². The van der Waals surface area contributed by atoms with E-state index in [0.29, 0.717) is 41.3 Å². The fraction of sp³-hybridized carbons (Fsp3) is 0.400. The lowest BCUT2D eigenvalue weighted by atomic mass is 9.80. The number of nitro benzene ring substituents is 1. The molecule has 43 heavy (non-hydrogen) atoms. The Balaban J connectivity index is 1.31. The summed E-state index contributed by atoms with van der Waals surface area (Å²) in [4.78, 5) is 30.9. The van der Waals surface area contributed by atoms with Crippen LogP contribution in [0.25, 0.3) is 5.57 Å². The number of nitrogens with zero attached hydrogens (tertiary/aromatic N) is 7. The molecule has 0 amide bonds. The molecule has 1 aromatic heterocycles. The summed E-state index contributed by atoms with van der Waals surface area (Å²) in [5, 5.41) is 27.7. The van der Waals surface area contributed by atoms with Gasteiger partial charge in [0.05, 0.1) is 29.8 Å². The largest absolute Gasteiger partial charge is 0.495 e. The van der Waals surface area contributed by atoms with Gasteiger partial charge in [-0.2, -0.15) is 4.80 Å². The van der Waals surface area contributed by atoms with Gasteiger partial charge in [-0.1, -0.05) is 24.3 Å². The summed E-state index contributed by atoms with van der Waals surface area (Å²) in [7, 11) is 1.68. The number of carbonyl (C=O) groups is 1. The van der Waals surface area contributed by atoms with Crippen molar-refractivity contribution < 1.29 is 19.2 Å². The highest BCUT2D eigenvalue weighted by molar-refractivity contribution is 5.97. The number of nitrogens with one attached hydrogen (secondary N) is 1. The van der Waals surface area contributed by atoms with Gasteiger partial charge >= 0.3 is 5.97 Å². The van der Waals surface area contributed by atoms with E-state index in [9.17, 15) is 14.9 Å². The Kier molecular flexibility index (Phi) is 9.00. The van der Waals surface area contributed by atoms with Gasteiger partial charge in [0.15, 0.2) is 0 Å². The van der Waals surface area contributed by atoms with E-state index in [4.69, 9.17) is 9.47 Å².